The van der Waals surface area contributed by atoms with E-state index in [1.165, 1.54) is 10.3 Å². The lowest BCUT2D eigenvalue weighted by Gasteiger charge is -1.82. The van der Waals surface area contributed by atoms with Crippen molar-refractivity contribution >= 4 is 35.5 Å². The Morgan fingerprint density at radius 3 is 2.91 bits per heavy atom. The number of thioether (sulfide) groups is 1. The summed E-state index contributed by atoms with van der Waals surface area (Å²) in [5.41, 5.74) is 0. The SMILES string of the molecule is CSc1ccc(/C=C/C=O)s1. The van der Waals surface area contributed by atoms with Gasteiger partial charge >= 0.3 is 0 Å². The average molecular weight is 184 g/mol. The summed E-state index contributed by atoms with van der Waals surface area (Å²) in [6.07, 6.45) is 6.16. The Bertz CT molecular complexity index is 263. The molecule has 1 rings (SSSR count). The molecule has 1 heterocycles. The first-order valence-corrected chi connectivity index (χ1v) is 5.16. The van der Waals surface area contributed by atoms with E-state index in [2.05, 4.69) is 6.07 Å². The van der Waals surface area contributed by atoms with E-state index >= 15 is 0 Å². The molecule has 1 aromatic rings. The Morgan fingerprint density at radius 1 is 1.55 bits per heavy atom. The Kier molecular flexibility index (Phi) is 3.39. The molecule has 0 unspecified atom stereocenters. The molecule has 58 valence electrons. The largest absolute Gasteiger partial charge is 0.299 e. The summed E-state index contributed by atoms with van der Waals surface area (Å²) in [7, 11) is 0. The number of thiophene rings is 1. The Balaban J connectivity index is 2.72. The number of carbonyl (C=O) groups is 1. The van der Waals surface area contributed by atoms with Crippen molar-refractivity contribution in [1.82, 2.24) is 0 Å². The predicted molar refractivity (Wildman–Crippen MR) is 51.2 cm³/mol. The van der Waals surface area contributed by atoms with E-state index in [0.29, 0.717) is 0 Å². The molecular weight excluding hydrogens is 176 g/mol. The zero-order valence-corrected chi connectivity index (χ0v) is 7.74. The zero-order valence-electron chi connectivity index (χ0n) is 6.11. The highest BCUT2D eigenvalue weighted by molar-refractivity contribution is 8.00. The number of carbonyl (C=O) groups excluding carboxylic acids is 1. The molecule has 1 nitrogen and oxygen atoms in total. The first-order chi connectivity index (χ1) is 5.36. The fourth-order valence-corrected chi connectivity index (χ4v) is 2.14. The highest BCUT2D eigenvalue weighted by atomic mass is 32.2. The minimum absolute atomic E-state index is 0.790. The van der Waals surface area contributed by atoms with Crippen molar-refractivity contribution < 1.29 is 4.79 Å². The quantitative estimate of drug-likeness (QED) is 0.408. The van der Waals surface area contributed by atoms with Gasteiger partial charge in [0.1, 0.15) is 6.29 Å². The molecule has 11 heavy (non-hydrogen) atoms. The van der Waals surface area contributed by atoms with Crippen LogP contribution < -0.4 is 0 Å². The summed E-state index contributed by atoms with van der Waals surface area (Å²) < 4.78 is 1.27. The minimum atomic E-state index is 0.790. The van der Waals surface area contributed by atoms with Gasteiger partial charge in [0.05, 0.1) is 4.21 Å². The van der Waals surface area contributed by atoms with Crippen LogP contribution in [0.15, 0.2) is 22.4 Å². The summed E-state index contributed by atoms with van der Waals surface area (Å²) in [5.74, 6) is 0. The Labute approximate surface area is 74.1 Å². The van der Waals surface area contributed by atoms with Crippen molar-refractivity contribution in [1.29, 1.82) is 0 Å². The van der Waals surface area contributed by atoms with Crippen molar-refractivity contribution in [3.63, 3.8) is 0 Å². The van der Waals surface area contributed by atoms with Gasteiger partial charge in [-0.2, -0.15) is 0 Å². The van der Waals surface area contributed by atoms with E-state index < -0.39 is 0 Å². The summed E-state index contributed by atoms with van der Waals surface area (Å²) in [6, 6.07) is 4.07. The molecule has 0 spiro atoms. The molecule has 0 amide bonds. The summed E-state index contributed by atoms with van der Waals surface area (Å²) in [5, 5.41) is 0. The molecule has 0 N–H and O–H groups in total. The first-order valence-electron chi connectivity index (χ1n) is 3.12. The topological polar surface area (TPSA) is 17.1 Å². The molecule has 0 aliphatic heterocycles. The van der Waals surface area contributed by atoms with Gasteiger partial charge in [0.15, 0.2) is 0 Å². The molecule has 1 aromatic heterocycles. The molecule has 0 atom stereocenters. The van der Waals surface area contributed by atoms with Crippen molar-refractivity contribution in [3.8, 4) is 0 Å². The van der Waals surface area contributed by atoms with Crippen LogP contribution in [-0.2, 0) is 4.79 Å². The average Bonchev–Trinajstić information content (AvgIpc) is 2.48. The van der Waals surface area contributed by atoms with Crippen LogP contribution >= 0.6 is 23.1 Å². The molecule has 0 saturated carbocycles. The van der Waals surface area contributed by atoms with Crippen molar-refractivity contribution in [2.45, 2.75) is 4.21 Å². The molecular formula is C8H8OS2. The number of aldehydes is 1. The van der Waals surface area contributed by atoms with Crippen LogP contribution in [0, 0.1) is 0 Å². The van der Waals surface area contributed by atoms with Crippen LogP contribution in [0.1, 0.15) is 4.88 Å². The van der Waals surface area contributed by atoms with E-state index in [9.17, 15) is 4.79 Å². The van der Waals surface area contributed by atoms with Gasteiger partial charge in [0.2, 0.25) is 0 Å². The van der Waals surface area contributed by atoms with Crippen molar-refractivity contribution in [3.05, 3.63) is 23.1 Å². The van der Waals surface area contributed by atoms with Gasteiger partial charge in [0.25, 0.3) is 0 Å². The lowest BCUT2D eigenvalue weighted by atomic mass is 10.4. The number of rotatable bonds is 3. The number of hydrogen-bond acceptors (Lipinski definition) is 3. The maximum atomic E-state index is 9.97. The normalized spacial score (nSPS) is 10.6. The molecule has 3 heteroatoms. The molecule has 0 radical (unpaired) electrons. The standard InChI is InChI=1S/C8H8OS2/c1-10-8-5-4-7(11-8)3-2-6-9/h2-6H,1H3/b3-2+. The molecule has 0 aromatic carbocycles. The number of hydrogen-bond donors (Lipinski definition) is 0. The monoisotopic (exact) mass is 184 g/mol. The minimum Gasteiger partial charge on any atom is -0.299 e. The number of allylic oxidation sites excluding steroid dienone is 1. The Morgan fingerprint density at radius 2 is 2.36 bits per heavy atom. The van der Waals surface area contributed by atoms with Crippen molar-refractivity contribution in [2.24, 2.45) is 0 Å². The third-order valence-corrected chi connectivity index (χ3v) is 3.28. The lowest BCUT2D eigenvalue weighted by molar-refractivity contribution is -0.104. The predicted octanol–water partition coefficient (Wildman–Crippen LogP) is 2.68. The van der Waals surface area contributed by atoms with Crippen LogP contribution in [0.3, 0.4) is 0 Å². The van der Waals surface area contributed by atoms with Crippen LogP contribution in [0.5, 0.6) is 0 Å². The van der Waals surface area contributed by atoms with Gasteiger partial charge in [0, 0.05) is 4.88 Å². The molecule has 0 bridgehead atoms. The second-order valence-corrected chi connectivity index (χ2v) is 4.08. The van der Waals surface area contributed by atoms with E-state index in [0.717, 1.165) is 11.2 Å². The smallest absolute Gasteiger partial charge is 0.142 e. The van der Waals surface area contributed by atoms with Crippen LogP contribution in [-0.4, -0.2) is 12.5 Å². The van der Waals surface area contributed by atoms with Crippen LogP contribution in [0.25, 0.3) is 6.08 Å². The maximum absolute atomic E-state index is 9.97. The van der Waals surface area contributed by atoms with Gasteiger partial charge in [-0.05, 0) is 30.5 Å². The van der Waals surface area contributed by atoms with Gasteiger partial charge in [-0.15, -0.1) is 23.1 Å². The molecule has 0 saturated heterocycles. The van der Waals surface area contributed by atoms with Gasteiger partial charge in [-0.1, -0.05) is 0 Å². The summed E-state index contributed by atoms with van der Waals surface area (Å²) in [4.78, 5) is 11.1. The van der Waals surface area contributed by atoms with Gasteiger partial charge in [-0.3, -0.25) is 4.79 Å². The van der Waals surface area contributed by atoms with Crippen LogP contribution in [0.4, 0.5) is 0 Å². The lowest BCUT2D eigenvalue weighted by Crippen LogP contribution is -1.58. The highest BCUT2D eigenvalue weighted by Crippen LogP contribution is 2.25. The second kappa shape index (κ2) is 4.36. The summed E-state index contributed by atoms with van der Waals surface area (Å²) >= 11 is 3.41. The fraction of sp³-hybridized carbons (Fsp3) is 0.125. The van der Waals surface area contributed by atoms with Crippen molar-refractivity contribution in [2.75, 3.05) is 6.26 Å². The molecule has 0 aliphatic carbocycles. The van der Waals surface area contributed by atoms with Gasteiger partial charge in [-0.25, -0.2) is 0 Å². The third-order valence-electron chi connectivity index (χ3n) is 1.14. The third kappa shape index (κ3) is 2.52. The fourth-order valence-electron chi connectivity index (χ4n) is 0.668. The maximum Gasteiger partial charge on any atom is 0.142 e. The Hall–Kier alpha value is -0.540. The van der Waals surface area contributed by atoms with E-state index in [4.69, 9.17) is 0 Å². The first kappa shape index (κ1) is 8.56. The highest BCUT2D eigenvalue weighted by Gasteiger charge is 1.93. The van der Waals surface area contributed by atoms with Crippen LogP contribution in [0.2, 0.25) is 0 Å². The molecule has 0 fully saturated rings. The van der Waals surface area contributed by atoms with E-state index in [1.807, 2.05) is 18.4 Å². The van der Waals surface area contributed by atoms with Gasteiger partial charge < -0.3 is 0 Å². The molecule has 0 aliphatic rings. The van der Waals surface area contributed by atoms with E-state index in [-0.39, 0.29) is 0 Å². The second-order valence-electron chi connectivity index (χ2n) is 1.86. The van der Waals surface area contributed by atoms with E-state index in [1.54, 1.807) is 23.1 Å². The zero-order chi connectivity index (χ0) is 8.10. The summed E-state index contributed by atoms with van der Waals surface area (Å²) in [6.45, 7) is 0.